The highest BCUT2D eigenvalue weighted by molar-refractivity contribution is 5.70. The molecule has 0 N–H and O–H groups in total. The number of hydrogen-bond acceptors (Lipinski definition) is 3. The minimum Gasteiger partial charge on any atom is -0.460 e. The lowest BCUT2D eigenvalue weighted by molar-refractivity contribution is -0.156. The summed E-state index contributed by atoms with van der Waals surface area (Å²) in [6.45, 7) is 14.7. The summed E-state index contributed by atoms with van der Waals surface area (Å²) in [6.07, 6.45) is 2.79. The van der Waals surface area contributed by atoms with Crippen molar-refractivity contribution in [3.05, 3.63) is 0 Å². The van der Waals surface area contributed by atoms with Gasteiger partial charge >= 0.3 is 5.97 Å². The summed E-state index contributed by atoms with van der Waals surface area (Å²) in [4.78, 5) is 14.3. The minimum atomic E-state index is -0.358. The monoisotopic (exact) mass is 255 g/mol. The number of esters is 1. The van der Waals surface area contributed by atoms with Gasteiger partial charge < -0.3 is 4.74 Å². The van der Waals surface area contributed by atoms with E-state index < -0.39 is 0 Å². The predicted octanol–water partition coefficient (Wildman–Crippen LogP) is 3.23. The number of carbonyl (C=O) groups is 1. The van der Waals surface area contributed by atoms with Gasteiger partial charge in [-0.05, 0) is 73.4 Å². The van der Waals surface area contributed by atoms with Gasteiger partial charge in [-0.1, -0.05) is 0 Å². The number of likely N-dealkylation sites (tertiary alicyclic amines) is 1. The lowest BCUT2D eigenvalue weighted by Gasteiger charge is -2.40. The molecule has 0 aromatic heterocycles. The van der Waals surface area contributed by atoms with E-state index in [0.717, 1.165) is 25.9 Å². The topological polar surface area (TPSA) is 29.5 Å². The lowest BCUT2D eigenvalue weighted by Crippen LogP contribution is -2.46. The summed E-state index contributed by atoms with van der Waals surface area (Å²) in [5, 5.41) is 0. The van der Waals surface area contributed by atoms with Gasteiger partial charge in [-0.25, -0.2) is 0 Å². The fourth-order valence-electron chi connectivity index (χ4n) is 2.43. The molecule has 0 spiro atoms. The molecule has 0 unspecified atom stereocenters. The molecule has 18 heavy (non-hydrogen) atoms. The third kappa shape index (κ3) is 5.38. The molecule has 3 heteroatoms. The van der Waals surface area contributed by atoms with Crippen LogP contribution in [0.5, 0.6) is 0 Å². The molecule has 106 valence electrons. The first kappa shape index (κ1) is 15.5. The van der Waals surface area contributed by atoms with E-state index >= 15 is 0 Å². The molecule has 1 aliphatic rings. The summed E-state index contributed by atoms with van der Waals surface area (Å²) in [6, 6.07) is 0. The highest BCUT2D eigenvalue weighted by Crippen LogP contribution is 2.26. The van der Waals surface area contributed by atoms with Gasteiger partial charge in [-0.15, -0.1) is 0 Å². The minimum absolute atomic E-state index is 0.0447. The summed E-state index contributed by atoms with van der Waals surface area (Å²) >= 11 is 0. The molecule has 0 aliphatic carbocycles. The van der Waals surface area contributed by atoms with Crippen LogP contribution in [0.15, 0.2) is 0 Å². The normalized spacial score (nSPS) is 19.9. The van der Waals surface area contributed by atoms with Crippen LogP contribution in [0.3, 0.4) is 0 Å². The molecule has 3 nitrogen and oxygen atoms in total. The molecule has 0 saturated carbocycles. The average Bonchev–Trinajstić information content (AvgIpc) is 2.13. The van der Waals surface area contributed by atoms with Crippen LogP contribution in [-0.2, 0) is 9.53 Å². The van der Waals surface area contributed by atoms with Crippen molar-refractivity contribution in [1.29, 1.82) is 0 Å². The first-order chi connectivity index (χ1) is 8.08. The van der Waals surface area contributed by atoms with Gasteiger partial charge in [0.15, 0.2) is 0 Å². The molecule has 1 rings (SSSR count). The Morgan fingerprint density at radius 2 is 1.61 bits per heavy atom. The van der Waals surface area contributed by atoms with E-state index in [2.05, 4.69) is 25.7 Å². The smallest absolute Gasteiger partial charge is 0.306 e. The Balaban J connectivity index is 2.34. The van der Waals surface area contributed by atoms with Gasteiger partial charge in [-0.2, -0.15) is 0 Å². The van der Waals surface area contributed by atoms with E-state index in [1.54, 1.807) is 0 Å². The maximum Gasteiger partial charge on any atom is 0.306 e. The lowest BCUT2D eigenvalue weighted by atomic mass is 9.91. The average molecular weight is 255 g/mol. The second-order valence-electron chi connectivity index (χ2n) is 7.39. The largest absolute Gasteiger partial charge is 0.460 e. The molecule has 1 saturated heterocycles. The van der Waals surface area contributed by atoms with Crippen molar-refractivity contribution in [2.75, 3.05) is 13.1 Å². The first-order valence-electron chi connectivity index (χ1n) is 7.05. The Morgan fingerprint density at radius 1 is 1.11 bits per heavy atom. The Hall–Kier alpha value is -0.570. The first-order valence-corrected chi connectivity index (χ1v) is 7.05. The number of nitrogens with zero attached hydrogens (tertiary/aromatic N) is 1. The number of piperidine rings is 1. The van der Waals surface area contributed by atoms with Crippen molar-refractivity contribution < 1.29 is 9.53 Å². The standard InChI is InChI=1S/C15H29NO2/c1-14(2,3)16-9-7-12(8-10-16)11-13(17)18-15(4,5)6/h12H,7-11H2,1-6H3. The molecule has 0 amide bonds. The van der Waals surface area contributed by atoms with E-state index in [1.807, 2.05) is 20.8 Å². The van der Waals surface area contributed by atoms with Crippen molar-refractivity contribution >= 4 is 5.97 Å². The molecule has 1 fully saturated rings. The Labute approximate surface area is 112 Å². The number of ether oxygens (including phenoxy) is 1. The summed E-state index contributed by atoms with van der Waals surface area (Å²) in [5.74, 6) is 0.454. The fourth-order valence-corrected chi connectivity index (χ4v) is 2.43. The third-order valence-electron chi connectivity index (χ3n) is 3.44. The van der Waals surface area contributed by atoms with Gasteiger partial charge in [0.25, 0.3) is 0 Å². The quantitative estimate of drug-likeness (QED) is 0.710. The van der Waals surface area contributed by atoms with Crippen molar-refractivity contribution in [2.24, 2.45) is 5.92 Å². The summed E-state index contributed by atoms with van der Waals surface area (Å²) in [7, 11) is 0. The van der Waals surface area contributed by atoms with Crippen LogP contribution in [0, 0.1) is 5.92 Å². The summed E-state index contributed by atoms with van der Waals surface area (Å²) in [5.41, 5.74) is -0.111. The molecular formula is C15H29NO2. The molecule has 0 aromatic carbocycles. The van der Waals surface area contributed by atoms with Gasteiger partial charge in [-0.3, -0.25) is 9.69 Å². The second kappa shape index (κ2) is 5.60. The SMILES string of the molecule is CC(C)(C)OC(=O)CC1CCN(C(C)(C)C)CC1. The van der Waals surface area contributed by atoms with E-state index in [9.17, 15) is 4.79 Å². The van der Waals surface area contributed by atoms with Gasteiger partial charge in [0.1, 0.15) is 5.60 Å². The Kier molecular flexibility index (Phi) is 4.82. The molecule has 0 atom stereocenters. The molecular weight excluding hydrogens is 226 g/mol. The zero-order valence-electron chi connectivity index (χ0n) is 12.9. The van der Waals surface area contributed by atoms with Crippen LogP contribution in [0.1, 0.15) is 60.8 Å². The second-order valence-corrected chi connectivity index (χ2v) is 7.39. The van der Waals surface area contributed by atoms with Crippen LogP contribution in [0.4, 0.5) is 0 Å². The van der Waals surface area contributed by atoms with E-state index in [-0.39, 0.29) is 17.1 Å². The zero-order chi connectivity index (χ0) is 14.0. The van der Waals surface area contributed by atoms with E-state index in [1.165, 1.54) is 0 Å². The van der Waals surface area contributed by atoms with Gasteiger partial charge in [0, 0.05) is 12.0 Å². The van der Waals surface area contributed by atoms with Crippen LogP contribution < -0.4 is 0 Å². The van der Waals surface area contributed by atoms with Gasteiger partial charge in [0.05, 0.1) is 0 Å². The number of rotatable bonds is 2. The Bertz CT molecular complexity index is 278. The Morgan fingerprint density at radius 3 is 2.00 bits per heavy atom. The fraction of sp³-hybridized carbons (Fsp3) is 0.933. The highest BCUT2D eigenvalue weighted by atomic mass is 16.6. The maximum absolute atomic E-state index is 11.8. The molecule has 0 bridgehead atoms. The molecule has 0 aromatic rings. The van der Waals surface area contributed by atoms with Crippen molar-refractivity contribution in [2.45, 2.75) is 71.9 Å². The van der Waals surface area contributed by atoms with Crippen LogP contribution in [0.25, 0.3) is 0 Å². The van der Waals surface area contributed by atoms with Crippen LogP contribution in [-0.4, -0.2) is 35.1 Å². The molecule has 1 aliphatic heterocycles. The molecule has 0 radical (unpaired) electrons. The zero-order valence-corrected chi connectivity index (χ0v) is 12.9. The van der Waals surface area contributed by atoms with Crippen molar-refractivity contribution in [1.82, 2.24) is 4.90 Å². The van der Waals surface area contributed by atoms with Crippen molar-refractivity contribution in [3.63, 3.8) is 0 Å². The third-order valence-corrected chi connectivity index (χ3v) is 3.44. The maximum atomic E-state index is 11.8. The summed E-state index contributed by atoms with van der Waals surface area (Å²) < 4.78 is 5.38. The molecule has 1 heterocycles. The predicted molar refractivity (Wildman–Crippen MR) is 74.5 cm³/mol. The number of hydrogen-bond donors (Lipinski definition) is 0. The van der Waals surface area contributed by atoms with Gasteiger partial charge in [0.2, 0.25) is 0 Å². The van der Waals surface area contributed by atoms with Crippen LogP contribution in [0.2, 0.25) is 0 Å². The van der Waals surface area contributed by atoms with E-state index in [4.69, 9.17) is 4.74 Å². The highest BCUT2D eigenvalue weighted by Gasteiger charge is 2.28. The number of carbonyl (C=O) groups excluding carboxylic acids is 1. The van der Waals surface area contributed by atoms with E-state index in [0.29, 0.717) is 12.3 Å². The van der Waals surface area contributed by atoms with Crippen molar-refractivity contribution in [3.8, 4) is 0 Å². The van der Waals surface area contributed by atoms with Crippen LogP contribution >= 0.6 is 0 Å².